The zero-order valence-electron chi connectivity index (χ0n) is 14.2. The van der Waals surface area contributed by atoms with Crippen LogP contribution < -0.4 is 10.9 Å². The van der Waals surface area contributed by atoms with Crippen molar-refractivity contribution in [3.8, 4) is 5.69 Å². The zero-order valence-corrected chi connectivity index (χ0v) is 15.0. The van der Waals surface area contributed by atoms with Gasteiger partial charge in [-0.1, -0.05) is 37.3 Å². The van der Waals surface area contributed by atoms with Crippen LogP contribution in [0.2, 0.25) is 0 Å². The summed E-state index contributed by atoms with van der Waals surface area (Å²) in [4.78, 5) is 27.5. The van der Waals surface area contributed by atoms with Crippen molar-refractivity contribution in [2.24, 2.45) is 0 Å². The topological polar surface area (TPSA) is 78.9 Å². The van der Waals surface area contributed by atoms with Crippen LogP contribution in [0.25, 0.3) is 5.69 Å². The Hall–Kier alpha value is -3.19. The number of carbonyl (C=O) groups excluding carboxylic acids is 2. The van der Waals surface area contributed by atoms with Gasteiger partial charge in [-0.2, -0.15) is 0 Å². The number of carbonyl (C=O) groups is 2. The molecule has 3 aromatic rings. The number of nitrogens with one attached hydrogen (secondary N) is 3. The average Bonchev–Trinajstić information content (AvgIpc) is 3.08. The average molecular weight is 366 g/mol. The van der Waals surface area contributed by atoms with Gasteiger partial charge < -0.3 is 4.98 Å². The first-order chi connectivity index (χ1) is 12.6. The van der Waals surface area contributed by atoms with Crippen LogP contribution >= 0.6 is 12.2 Å². The Morgan fingerprint density at radius 3 is 2.31 bits per heavy atom. The molecule has 0 saturated carbocycles. The molecule has 2 aromatic carbocycles. The summed E-state index contributed by atoms with van der Waals surface area (Å²) in [6.07, 6.45) is 2.40. The second-order valence-corrected chi connectivity index (χ2v) is 6.00. The number of aryl methyl sites for hydroxylation is 1. The van der Waals surface area contributed by atoms with E-state index in [0.29, 0.717) is 16.0 Å². The van der Waals surface area contributed by atoms with E-state index in [4.69, 9.17) is 12.2 Å². The molecule has 0 radical (unpaired) electrons. The second-order valence-electron chi connectivity index (χ2n) is 5.61. The predicted molar refractivity (Wildman–Crippen MR) is 102 cm³/mol. The van der Waals surface area contributed by atoms with E-state index in [0.717, 1.165) is 17.7 Å². The molecule has 0 aliphatic heterocycles. The molecule has 7 heteroatoms. The Bertz CT molecular complexity index is 975. The molecule has 6 nitrogen and oxygen atoms in total. The fourth-order valence-corrected chi connectivity index (χ4v) is 2.77. The summed E-state index contributed by atoms with van der Waals surface area (Å²) >= 11 is 5.25. The Kier molecular flexibility index (Phi) is 5.28. The van der Waals surface area contributed by atoms with Crippen molar-refractivity contribution in [2.45, 2.75) is 13.3 Å². The van der Waals surface area contributed by atoms with Crippen LogP contribution in [-0.4, -0.2) is 21.4 Å². The first kappa shape index (κ1) is 17.6. The summed E-state index contributed by atoms with van der Waals surface area (Å²) in [5.74, 6) is -0.860. The van der Waals surface area contributed by atoms with E-state index in [1.165, 1.54) is 6.20 Å². The number of aromatic nitrogens is 2. The first-order valence-electron chi connectivity index (χ1n) is 8.15. The second kappa shape index (κ2) is 7.79. The number of aromatic amines is 1. The Balaban J connectivity index is 1.73. The van der Waals surface area contributed by atoms with E-state index in [1.807, 2.05) is 49.4 Å². The molecule has 0 atom stereocenters. The molecule has 0 fully saturated rings. The predicted octanol–water partition coefficient (Wildman–Crippen LogP) is 3.17. The van der Waals surface area contributed by atoms with Gasteiger partial charge in [0.25, 0.3) is 11.8 Å². The quantitative estimate of drug-likeness (QED) is 0.490. The normalized spacial score (nSPS) is 10.3. The van der Waals surface area contributed by atoms with Crippen molar-refractivity contribution < 1.29 is 9.59 Å². The van der Waals surface area contributed by atoms with Gasteiger partial charge in [0, 0.05) is 17.4 Å². The molecule has 0 unspecified atom stereocenters. The number of hydrazine groups is 1. The molecule has 1 heterocycles. The molecule has 3 rings (SSSR count). The van der Waals surface area contributed by atoms with E-state index in [-0.39, 0.29) is 5.91 Å². The van der Waals surface area contributed by atoms with Crippen LogP contribution in [0.3, 0.4) is 0 Å². The summed E-state index contributed by atoms with van der Waals surface area (Å²) < 4.78 is 2.00. The van der Waals surface area contributed by atoms with E-state index in [1.54, 1.807) is 16.7 Å². The minimum absolute atomic E-state index is 0.294. The van der Waals surface area contributed by atoms with Crippen LogP contribution in [0.5, 0.6) is 0 Å². The van der Waals surface area contributed by atoms with Crippen LogP contribution in [0, 0.1) is 4.77 Å². The molecule has 3 N–H and O–H groups in total. The molecule has 2 amide bonds. The molecular formula is C19H18N4O2S. The third kappa shape index (κ3) is 3.73. The van der Waals surface area contributed by atoms with E-state index >= 15 is 0 Å². The zero-order chi connectivity index (χ0) is 18.5. The third-order valence-electron chi connectivity index (χ3n) is 3.94. The number of rotatable bonds is 4. The number of H-pyrrole nitrogens is 1. The Labute approximate surface area is 155 Å². The SMILES string of the molecule is CCc1ccc(C(=O)NNC(=O)c2c[nH]c(=S)n2-c2ccccc2)cc1. The van der Waals surface area contributed by atoms with E-state index in [9.17, 15) is 9.59 Å². The fourth-order valence-electron chi connectivity index (χ4n) is 2.51. The molecular weight excluding hydrogens is 348 g/mol. The number of nitrogens with zero attached hydrogens (tertiary/aromatic N) is 1. The lowest BCUT2D eigenvalue weighted by Gasteiger charge is -2.10. The maximum atomic E-state index is 12.5. The summed E-state index contributed by atoms with van der Waals surface area (Å²) in [5, 5.41) is 0. The molecule has 0 spiro atoms. The van der Waals surface area contributed by atoms with Crippen LogP contribution in [-0.2, 0) is 6.42 Å². The molecule has 1 aromatic heterocycles. The lowest BCUT2D eigenvalue weighted by molar-refractivity contribution is 0.0843. The maximum absolute atomic E-state index is 12.5. The third-order valence-corrected chi connectivity index (χ3v) is 4.24. The van der Waals surface area contributed by atoms with Gasteiger partial charge in [-0.15, -0.1) is 0 Å². The number of para-hydroxylation sites is 1. The molecule has 0 saturated heterocycles. The summed E-state index contributed by atoms with van der Waals surface area (Å²) in [7, 11) is 0. The highest BCUT2D eigenvalue weighted by atomic mass is 32.1. The van der Waals surface area contributed by atoms with Crippen molar-refractivity contribution in [3.63, 3.8) is 0 Å². The Morgan fingerprint density at radius 1 is 1.00 bits per heavy atom. The number of imidazole rings is 1. The van der Waals surface area contributed by atoms with Crippen molar-refractivity contribution in [1.29, 1.82) is 0 Å². The smallest absolute Gasteiger partial charge is 0.288 e. The van der Waals surface area contributed by atoms with Crippen LogP contribution in [0.15, 0.2) is 60.8 Å². The fraction of sp³-hybridized carbons (Fsp3) is 0.105. The highest BCUT2D eigenvalue weighted by molar-refractivity contribution is 7.71. The van der Waals surface area contributed by atoms with E-state index < -0.39 is 5.91 Å². The van der Waals surface area contributed by atoms with Crippen LogP contribution in [0.4, 0.5) is 0 Å². The minimum atomic E-state index is -0.472. The van der Waals surface area contributed by atoms with Gasteiger partial charge in [0.05, 0.1) is 0 Å². The van der Waals surface area contributed by atoms with E-state index in [2.05, 4.69) is 15.8 Å². The minimum Gasteiger partial charge on any atom is -0.336 e. The van der Waals surface area contributed by atoms with Gasteiger partial charge in [-0.3, -0.25) is 25.0 Å². The monoisotopic (exact) mass is 366 g/mol. The lowest BCUT2D eigenvalue weighted by Crippen LogP contribution is -2.42. The Morgan fingerprint density at radius 2 is 1.65 bits per heavy atom. The van der Waals surface area contributed by atoms with Gasteiger partial charge in [-0.05, 0) is 48.5 Å². The molecule has 0 bridgehead atoms. The number of hydrogen-bond acceptors (Lipinski definition) is 3. The summed E-state index contributed by atoms with van der Waals surface area (Å²) in [5.41, 5.74) is 7.50. The standard InChI is InChI=1S/C19H18N4O2S/c1-2-13-8-10-14(11-9-13)17(24)21-22-18(25)16-12-20-19(26)23(16)15-6-4-3-5-7-15/h3-12H,2H2,1H3,(H,20,26)(H,21,24)(H,22,25). The molecule has 0 aliphatic carbocycles. The number of amides is 2. The summed E-state index contributed by atoms with van der Waals surface area (Å²) in [6, 6.07) is 16.5. The van der Waals surface area contributed by atoms with Gasteiger partial charge in [0.2, 0.25) is 0 Å². The maximum Gasteiger partial charge on any atom is 0.288 e. The number of hydrogen-bond donors (Lipinski definition) is 3. The van der Waals surface area contributed by atoms with Crippen molar-refractivity contribution in [3.05, 3.63) is 82.4 Å². The van der Waals surface area contributed by atoms with Crippen molar-refractivity contribution in [2.75, 3.05) is 0 Å². The molecule has 132 valence electrons. The van der Waals surface area contributed by atoms with Crippen molar-refractivity contribution >= 4 is 24.0 Å². The molecule has 26 heavy (non-hydrogen) atoms. The first-order valence-corrected chi connectivity index (χ1v) is 8.56. The highest BCUT2D eigenvalue weighted by Gasteiger charge is 2.15. The largest absolute Gasteiger partial charge is 0.336 e. The number of benzene rings is 2. The van der Waals surface area contributed by atoms with Gasteiger partial charge in [0.15, 0.2) is 4.77 Å². The van der Waals surface area contributed by atoms with Crippen LogP contribution in [0.1, 0.15) is 33.3 Å². The van der Waals surface area contributed by atoms with Crippen molar-refractivity contribution in [1.82, 2.24) is 20.4 Å². The van der Waals surface area contributed by atoms with Gasteiger partial charge in [-0.25, -0.2) is 0 Å². The van der Waals surface area contributed by atoms with Gasteiger partial charge in [0.1, 0.15) is 5.69 Å². The highest BCUT2D eigenvalue weighted by Crippen LogP contribution is 2.12. The van der Waals surface area contributed by atoms with Gasteiger partial charge >= 0.3 is 0 Å². The molecule has 0 aliphatic rings. The summed E-state index contributed by atoms with van der Waals surface area (Å²) in [6.45, 7) is 2.04. The lowest BCUT2D eigenvalue weighted by atomic mass is 10.1.